The molecule has 1 aliphatic rings. The molecule has 0 aromatic carbocycles. The maximum absolute atomic E-state index is 5.60. The zero-order valence-electron chi connectivity index (χ0n) is 6.64. The summed E-state index contributed by atoms with van der Waals surface area (Å²) in [6.45, 7) is 2.05. The molecule has 0 amide bonds. The predicted octanol–water partition coefficient (Wildman–Crippen LogP) is 1.70. The molecule has 0 aromatic rings. The molecule has 0 saturated heterocycles. The highest BCUT2D eigenvalue weighted by Crippen LogP contribution is 2.20. The molecule has 10 heavy (non-hydrogen) atoms. The summed E-state index contributed by atoms with van der Waals surface area (Å²) in [7, 11) is 0. The maximum atomic E-state index is 5.60. The van der Waals surface area contributed by atoms with Crippen molar-refractivity contribution in [2.45, 2.75) is 45.1 Å². The molecule has 0 heterocycles. The van der Waals surface area contributed by atoms with Gasteiger partial charge in [-0.2, -0.15) is 0 Å². The first-order valence-corrected chi connectivity index (χ1v) is 4.15. The molecular formula is C8H16N2. The zero-order chi connectivity index (χ0) is 7.40. The molecule has 0 radical (unpaired) electrons. The molecule has 1 aliphatic carbocycles. The van der Waals surface area contributed by atoms with E-state index in [1.165, 1.54) is 25.7 Å². The van der Waals surface area contributed by atoms with Crippen LogP contribution >= 0.6 is 0 Å². The first-order chi connectivity index (χ1) is 4.83. The van der Waals surface area contributed by atoms with Crippen LogP contribution in [-0.4, -0.2) is 11.9 Å². The lowest BCUT2D eigenvalue weighted by Gasteiger charge is -2.02. The standard InChI is InChI=1S/C8H16N2/c1-2-8(9)10-7-5-3-4-6-7/h7H,2-6H2,1H3,(H2,9,10). The van der Waals surface area contributed by atoms with Crippen molar-refractivity contribution in [3.05, 3.63) is 0 Å². The van der Waals surface area contributed by atoms with E-state index < -0.39 is 0 Å². The second-order valence-corrected chi connectivity index (χ2v) is 2.91. The van der Waals surface area contributed by atoms with Crippen molar-refractivity contribution in [2.75, 3.05) is 0 Å². The van der Waals surface area contributed by atoms with Gasteiger partial charge >= 0.3 is 0 Å². The highest BCUT2D eigenvalue weighted by Gasteiger charge is 2.12. The molecule has 0 bridgehead atoms. The summed E-state index contributed by atoms with van der Waals surface area (Å²) < 4.78 is 0. The van der Waals surface area contributed by atoms with Gasteiger partial charge in [0.05, 0.1) is 11.9 Å². The second-order valence-electron chi connectivity index (χ2n) is 2.91. The lowest BCUT2D eigenvalue weighted by Crippen LogP contribution is -2.13. The highest BCUT2D eigenvalue weighted by atomic mass is 14.9. The normalized spacial score (nSPS) is 21.9. The first kappa shape index (κ1) is 7.58. The number of rotatable bonds is 2. The third-order valence-electron chi connectivity index (χ3n) is 2.04. The van der Waals surface area contributed by atoms with Crippen molar-refractivity contribution in [2.24, 2.45) is 10.7 Å². The number of nitrogens with zero attached hydrogens (tertiary/aromatic N) is 1. The summed E-state index contributed by atoms with van der Waals surface area (Å²) in [6.07, 6.45) is 6.08. The van der Waals surface area contributed by atoms with E-state index in [9.17, 15) is 0 Å². The van der Waals surface area contributed by atoms with E-state index in [1.807, 2.05) is 6.92 Å². The summed E-state index contributed by atoms with van der Waals surface area (Å²) in [5.74, 6) is 0.826. The SMILES string of the molecule is CCC(N)=NC1CCCC1. The quantitative estimate of drug-likeness (QED) is 0.460. The minimum Gasteiger partial charge on any atom is -0.387 e. The minimum absolute atomic E-state index is 0.556. The van der Waals surface area contributed by atoms with E-state index in [2.05, 4.69) is 4.99 Å². The summed E-state index contributed by atoms with van der Waals surface area (Å²) in [5.41, 5.74) is 5.60. The predicted molar refractivity (Wildman–Crippen MR) is 44.2 cm³/mol. The molecule has 0 aromatic heterocycles. The number of hydrogen-bond acceptors (Lipinski definition) is 1. The van der Waals surface area contributed by atoms with E-state index in [0.29, 0.717) is 6.04 Å². The average Bonchev–Trinajstić information content (AvgIpc) is 2.40. The van der Waals surface area contributed by atoms with Crippen LogP contribution in [0.5, 0.6) is 0 Å². The van der Waals surface area contributed by atoms with E-state index >= 15 is 0 Å². The van der Waals surface area contributed by atoms with Crippen LogP contribution in [0.15, 0.2) is 4.99 Å². The van der Waals surface area contributed by atoms with Crippen LogP contribution in [0, 0.1) is 0 Å². The van der Waals surface area contributed by atoms with Crippen molar-refractivity contribution >= 4 is 5.84 Å². The fourth-order valence-corrected chi connectivity index (χ4v) is 1.36. The minimum atomic E-state index is 0.556. The molecule has 2 N–H and O–H groups in total. The fourth-order valence-electron chi connectivity index (χ4n) is 1.36. The first-order valence-electron chi connectivity index (χ1n) is 4.15. The molecule has 58 valence electrons. The number of nitrogens with two attached hydrogens (primary N) is 1. The van der Waals surface area contributed by atoms with Gasteiger partial charge in [-0.1, -0.05) is 19.8 Å². The molecule has 0 spiro atoms. The largest absolute Gasteiger partial charge is 0.387 e. The summed E-state index contributed by atoms with van der Waals surface area (Å²) in [5, 5.41) is 0. The Morgan fingerprint density at radius 1 is 1.50 bits per heavy atom. The Morgan fingerprint density at radius 3 is 2.60 bits per heavy atom. The van der Waals surface area contributed by atoms with Crippen molar-refractivity contribution in [3.63, 3.8) is 0 Å². The van der Waals surface area contributed by atoms with Crippen LogP contribution in [0.3, 0.4) is 0 Å². The van der Waals surface area contributed by atoms with E-state index in [0.717, 1.165) is 12.3 Å². The van der Waals surface area contributed by atoms with Crippen LogP contribution in [0.25, 0.3) is 0 Å². The molecule has 2 heteroatoms. The van der Waals surface area contributed by atoms with Gasteiger partial charge < -0.3 is 5.73 Å². The summed E-state index contributed by atoms with van der Waals surface area (Å²) in [4.78, 5) is 4.39. The fraction of sp³-hybridized carbons (Fsp3) is 0.875. The van der Waals surface area contributed by atoms with Gasteiger partial charge in [0.1, 0.15) is 0 Å². The number of aliphatic imine (C=N–C) groups is 1. The molecule has 1 rings (SSSR count). The van der Waals surface area contributed by atoms with E-state index in [1.54, 1.807) is 0 Å². The molecular weight excluding hydrogens is 124 g/mol. The topological polar surface area (TPSA) is 38.4 Å². The highest BCUT2D eigenvalue weighted by molar-refractivity contribution is 5.80. The van der Waals surface area contributed by atoms with Gasteiger partial charge in [-0.3, -0.25) is 4.99 Å². The Hall–Kier alpha value is -0.530. The molecule has 0 unspecified atom stereocenters. The van der Waals surface area contributed by atoms with Gasteiger partial charge in [-0.05, 0) is 12.8 Å². The Bertz CT molecular complexity index is 123. The molecule has 1 fully saturated rings. The van der Waals surface area contributed by atoms with Crippen LogP contribution in [0.4, 0.5) is 0 Å². The molecule has 0 aliphatic heterocycles. The second kappa shape index (κ2) is 3.59. The van der Waals surface area contributed by atoms with E-state index in [4.69, 9.17) is 5.73 Å². The Kier molecular flexibility index (Phi) is 2.72. The Labute approximate surface area is 62.5 Å². The summed E-state index contributed by atoms with van der Waals surface area (Å²) in [6, 6.07) is 0.556. The lowest BCUT2D eigenvalue weighted by atomic mass is 10.2. The van der Waals surface area contributed by atoms with Crippen molar-refractivity contribution in [1.82, 2.24) is 0 Å². The number of hydrogen-bond donors (Lipinski definition) is 1. The van der Waals surface area contributed by atoms with Gasteiger partial charge in [-0.25, -0.2) is 0 Å². The van der Waals surface area contributed by atoms with Crippen molar-refractivity contribution in [1.29, 1.82) is 0 Å². The van der Waals surface area contributed by atoms with Gasteiger partial charge in [-0.15, -0.1) is 0 Å². The van der Waals surface area contributed by atoms with Crippen molar-refractivity contribution in [3.8, 4) is 0 Å². The zero-order valence-corrected chi connectivity index (χ0v) is 6.64. The third kappa shape index (κ3) is 2.01. The Balaban J connectivity index is 2.34. The maximum Gasteiger partial charge on any atom is 0.0937 e. The molecule has 2 nitrogen and oxygen atoms in total. The third-order valence-corrected chi connectivity index (χ3v) is 2.04. The smallest absolute Gasteiger partial charge is 0.0937 e. The van der Waals surface area contributed by atoms with Crippen LogP contribution in [0.1, 0.15) is 39.0 Å². The van der Waals surface area contributed by atoms with Gasteiger partial charge in [0, 0.05) is 6.42 Å². The van der Waals surface area contributed by atoms with Gasteiger partial charge in [0.2, 0.25) is 0 Å². The monoisotopic (exact) mass is 140 g/mol. The van der Waals surface area contributed by atoms with Crippen LogP contribution in [-0.2, 0) is 0 Å². The van der Waals surface area contributed by atoms with Gasteiger partial charge in [0.25, 0.3) is 0 Å². The van der Waals surface area contributed by atoms with Crippen LogP contribution in [0.2, 0.25) is 0 Å². The molecule has 1 saturated carbocycles. The number of amidine groups is 1. The lowest BCUT2D eigenvalue weighted by molar-refractivity contribution is 0.703. The average molecular weight is 140 g/mol. The molecule has 0 atom stereocenters. The van der Waals surface area contributed by atoms with Crippen molar-refractivity contribution < 1.29 is 0 Å². The van der Waals surface area contributed by atoms with Crippen LogP contribution < -0.4 is 5.73 Å². The summed E-state index contributed by atoms with van der Waals surface area (Å²) >= 11 is 0. The van der Waals surface area contributed by atoms with Gasteiger partial charge in [0.15, 0.2) is 0 Å². The van der Waals surface area contributed by atoms with E-state index in [-0.39, 0.29) is 0 Å². The Morgan fingerprint density at radius 2 is 2.10 bits per heavy atom.